The Kier molecular flexibility index (Phi) is 9.51. The molecule has 0 aliphatic rings. The number of halogens is 1. The summed E-state index contributed by atoms with van der Waals surface area (Å²) in [5.41, 5.74) is 6.58. The van der Waals surface area contributed by atoms with Crippen LogP contribution in [0.2, 0.25) is 0 Å². The molecule has 1 aromatic carbocycles. The van der Waals surface area contributed by atoms with Crippen LogP contribution in [0.5, 0.6) is 5.75 Å². The summed E-state index contributed by atoms with van der Waals surface area (Å²) >= 11 is 0. The third-order valence-electron chi connectivity index (χ3n) is 2.58. The fraction of sp³-hybridized carbons (Fsp3) is 0.429. The van der Waals surface area contributed by atoms with Crippen molar-refractivity contribution in [2.24, 2.45) is 16.6 Å². The molecule has 4 N–H and O–H groups in total. The van der Waals surface area contributed by atoms with E-state index in [1.807, 2.05) is 38.1 Å². The van der Waals surface area contributed by atoms with Crippen molar-refractivity contribution in [3.8, 4) is 5.75 Å². The van der Waals surface area contributed by atoms with Gasteiger partial charge in [-0.15, -0.1) is 24.0 Å². The first-order chi connectivity index (χ1) is 9.52. The maximum absolute atomic E-state index is 11.3. The third kappa shape index (κ3) is 7.74. The quantitative estimate of drug-likeness (QED) is 0.291. The smallest absolute Gasteiger partial charge is 0.222 e. The van der Waals surface area contributed by atoms with Crippen LogP contribution in [0.15, 0.2) is 29.3 Å². The van der Waals surface area contributed by atoms with Gasteiger partial charge in [-0.1, -0.05) is 13.8 Å². The lowest BCUT2D eigenvalue weighted by atomic mass is 10.2. The van der Waals surface area contributed by atoms with E-state index in [-0.39, 0.29) is 35.8 Å². The number of carbonyl (C=O) groups is 1. The number of aliphatic imine (C=N–C) groups is 1. The fourth-order valence-electron chi connectivity index (χ4n) is 1.42. The van der Waals surface area contributed by atoms with Crippen molar-refractivity contribution in [1.82, 2.24) is 5.32 Å². The van der Waals surface area contributed by atoms with E-state index in [1.165, 1.54) is 0 Å². The molecule has 0 unspecified atom stereocenters. The molecule has 1 amide bonds. The Morgan fingerprint density at radius 2 is 1.95 bits per heavy atom. The Balaban J connectivity index is 0.00000400. The van der Waals surface area contributed by atoms with Gasteiger partial charge in [0.15, 0.2) is 5.96 Å². The zero-order valence-electron chi connectivity index (χ0n) is 12.6. The lowest BCUT2D eigenvalue weighted by Gasteiger charge is -2.08. The molecule has 0 spiro atoms. The molecule has 0 fully saturated rings. The zero-order valence-corrected chi connectivity index (χ0v) is 14.9. The number of ether oxygens (including phenoxy) is 1. The molecular weight excluding hydrogens is 383 g/mol. The van der Waals surface area contributed by atoms with E-state index in [2.05, 4.69) is 15.6 Å². The van der Waals surface area contributed by atoms with Crippen LogP contribution in [0.25, 0.3) is 0 Å². The normalized spacial score (nSPS) is 10.8. The van der Waals surface area contributed by atoms with E-state index in [1.54, 1.807) is 7.11 Å². The Hall–Kier alpha value is -1.51. The standard InChI is InChI=1S/C14H22N4O2.HI/c1-10(2)13(19)16-8-9-17-14(15)18-11-4-6-12(20-3)7-5-11;/h4-7,10H,8-9H2,1-3H3,(H,16,19)(H3,15,17,18);1H. The number of guanidine groups is 1. The van der Waals surface area contributed by atoms with Gasteiger partial charge in [-0.2, -0.15) is 0 Å². The second kappa shape index (κ2) is 10.3. The summed E-state index contributed by atoms with van der Waals surface area (Å²) in [6.07, 6.45) is 0. The highest BCUT2D eigenvalue weighted by atomic mass is 127. The highest BCUT2D eigenvalue weighted by Crippen LogP contribution is 2.14. The summed E-state index contributed by atoms with van der Waals surface area (Å²) in [6, 6.07) is 7.36. The number of anilines is 1. The van der Waals surface area contributed by atoms with Gasteiger partial charge in [0.2, 0.25) is 5.91 Å². The van der Waals surface area contributed by atoms with Gasteiger partial charge in [-0.3, -0.25) is 9.79 Å². The molecular formula is C14H23IN4O2. The Morgan fingerprint density at radius 1 is 1.33 bits per heavy atom. The van der Waals surface area contributed by atoms with Crippen LogP contribution >= 0.6 is 24.0 Å². The van der Waals surface area contributed by atoms with Gasteiger partial charge in [0.25, 0.3) is 0 Å². The Morgan fingerprint density at radius 3 is 2.48 bits per heavy atom. The number of nitrogens with two attached hydrogens (primary N) is 1. The molecule has 0 radical (unpaired) electrons. The number of benzene rings is 1. The highest BCUT2D eigenvalue weighted by molar-refractivity contribution is 14.0. The minimum Gasteiger partial charge on any atom is -0.497 e. The number of nitrogens with one attached hydrogen (secondary N) is 2. The van der Waals surface area contributed by atoms with Gasteiger partial charge >= 0.3 is 0 Å². The van der Waals surface area contributed by atoms with E-state index >= 15 is 0 Å². The van der Waals surface area contributed by atoms with Crippen LogP contribution in [0.4, 0.5) is 5.69 Å². The number of methoxy groups -OCH3 is 1. The van der Waals surface area contributed by atoms with E-state index in [4.69, 9.17) is 10.5 Å². The minimum absolute atomic E-state index is 0. The van der Waals surface area contributed by atoms with Crippen LogP contribution < -0.4 is 21.1 Å². The van der Waals surface area contributed by atoms with Gasteiger partial charge < -0.3 is 21.1 Å². The van der Waals surface area contributed by atoms with E-state index in [0.717, 1.165) is 11.4 Å². The molecule has 0 aliphatic carbocycles. The van der Waals surface area contributed by atoms with Crippen LogP contribution in [0.1, 0.15) is 13.8 Å². The molecule has 0 aliphatic heterocycles. The van der Waals surface area contributed by atoms with Crippen molar-refractivity contribution in [2.75, 3.05) is 25.5 Å². The second-order valence-electron chi connectivity index (χ2n) is 4.57. The molecule has 0 saturated carbocycles. The largest absolute Gasteiger partial charge is 0.497 e. The van der Waals surface area contributed by atoms with Crippen molar-refractivity contribution in [1.29, 1.82) is 0 Å². The number of carbonyl (C=O) groups excluding carboxylic acids is 1. The number of hydrogen-bond acceptors (Lipinski definition) is 3. The van der Waals surface area contributed by atoms with Crippen molar-refractivity contribution in [3.63, 3.8) is 0 Å². The molecule has 0 aromatic heterocycles. The molecule has 1 aromatic rings. The van der Waals surface area contributed by atoms with E-state index < -0.39 is 0 Å². The predicted molar refractivity (Wildman–Crippen MR) is 96.4 cm³/mol. The van der Waals surface area contributed by atoms with Crippen LogP contribution in [-0.4, -0.2) is 32.1 Å². The van der Waals surface area contributed by atoms with Gasteiger partial charge in [-0.05, 0) is 24.3 Å². The zero-order chi connectivity index (χ0) is 15.0. The highest BCUT2D eigenvalue weighted by Gasteiger charge is 2.04. The van der Waals surface area contributed by atoms with Gasteiger partial charge in [0, 0.05) is 18.2 Å². The number of amides is 1. The molecule has 21 heavy (non-hydrogen) atoms. The molecule has 118 valence electrons. The van der Waals surface area contributed by atoms with Crippen LogP contribution in [0, 0.1) is 5.92 Å². The van der Waals surface area contributed by atoms with Crippen molar-refractivity contribution >= 4 is 41.5 Å². The first kappa shape index (κ1) is 19.5. The van der Waals surface area contributed by atoms with Crippen molar-refractivity contribution in [2.45, 2.75) is 13.8 Å². The first-order valence-electron chi connectivity index (χ1n) is 6.51. The topological polar surface area (TPSA) is 88.7 Å². The summed E-state index contributed by atoms with van der Waals surface area (Å²) in [6.45, 7) is 4.60. The average molecular weight is 406 g/mol. The molecule has 0 bridgehead atoms. The minimum atomic E-state index is -0.0197. The first-order valence-corrected chi connectivity index (χ1v) is 6.51. The van der Waals surface area contributed by atoms with Crippen molar-refractivity contribution in [3.05, 3.63) is 24.3 Å². The number of nitrogens with zero attached hydrogens (tertiary/aromatic N) is 1. The fourth-order valence-corrected chi connectivity index (χ4v) is 1.42. The summed E-state index contributed by atoms with van der Waals surface area (Å²) in [5, 5.41) is 5.73. The van der Waals surface area contributed by atoms with E-state index in [9.17, 15) is 4.79 Å². The summed E-state index contributed by atoms with van der Waals surface area (Å²) in [5.74, 6) is 1.09. The maximum Gasteiger partial charge on any atom is 0.222 e. The lowest BCUT2D eigenvalue weighted by molar-refractivity contribution is -0.123. The van der Waals surface area contributed by atoms with Crippen LogP contribution in [-0.2, 0) is 4.79 Å². The number of rotatable bonds is 6. The van der Waals surface area contributed by atoms with Gasteiger partial charge in [0.1, 0.15) is 5.75 Å². The Labute approximate surface area is 142 Å². The van der Waals surface area contributed by atoms with E-state index in [0.29, 0.717) is 19.0 Å². The molecule has 1 rings (SSSR count). The molecule has 0 saturated heterocycles. The van der Waals surface area contributed by atoms with Crippen LogP contribution in [0.3, 0.4) is 0 Å². The van der Waals surface area contributed by atoms with Crippen molar-refractivity contribution < 1.29 is 9.53 Å². The average Bonchev–Trinajstić information content (AvgIpc) is 2.44. The van der Waals surface area contributed by atoms with Gasteiger partial charge in [0.05, 0.1) is 13.7 Å². The SMILES string of the molecule is COc1ccc(NC(N)=NCCNC(=O)C(C)C)cc1.I. The lowest BCUT2D eigenvalue weighted by Crippen LogP contribution is -2.31. The maximum atomic E-state index is 11.3. The molecule has 0 heterocycles. The summed E-state index contributed by atoms with van der Waals surface area (Å²) in [7, 11) is 1.61. The molecule has 6 nitrogen and oxygen atoms in total. The predicted octanol–water partition coefficient (Wildman–Crippen LogP) is 1.81. The monoisotopic (exact) mass is 406 g/mol. The molecule has 0 atom stereocenters. The summed E-state index contributed by atoms with van der Waals surface area (Å²) in [4.78, 5) is 15.5. The summed E-state index contributed by atoms with van der Waals surface area (Å²) < 4.78 is 5.07. The second-order valence-corrected chi connectivity index (χ2v) is 4.57. The Bertz CT molecular complexity index is 461. The third-order valence-corrected chi connectivity index (χ3v) is 2.58. The number of hydrogen-bond donors (Lipinski definition) is 3. The molecule has 7 heteroatoms. The van der Waals surface area contributed by atoms with Gasteiger partial charge in [-0.25, -0.2) is 0 Å².